The number of benzene rings is 1. The van der Waals surface area contributed by atoms with Crippen molar-refractivity contribution in [2.75, 3.05) is 7.11 Å². The standard InChI is InChI=1S/C16H24O3/c1-7-11-8-12(10(2)15(18)19-6)9-13(14(11)17)16(3,4)5/h8-10,17H,7H2,1-6H3. The van der Waals surface area contributed by atoms with Gasteiger partial charge in [0.1, 0.15) is 5.75 Å². The summed E-state index contributed by atoms with van der Waals surface area (Å²) < 4.78 is 4.79. The number of phenols is 1. The van der Waals surface area contributed by atoms with Crippen LogP contribution in [-0.4, -0.2) is 18.2 Å². The molecule has 19 heavy (non-hydrogen) atoms. The number of carbonyl (C=O) groups is 1. The summed E-state index contributed by atoms with van der Waals surface area (Å²) in [5.74, 6) is -0.236. The van der Waals surface area contributed by atoms with E-state index in [4.69, 9.17) is 4.74 Å². The molecule has 0 saturated heterocycles. The molecule has 1 atom stereocenters. The van der Waals surface area contributed by atoms with Gasteiger partial charge in [-0.15, -0.1) is 0 Å². The lowest BCUT2D eigenvalue weighted by molar-refractivity contribution is -0.141. The van der Waals surface area contributed by atoms with E-state index in [0.717, 1.165) is 23.1 Å². The van der Waals surface area contributed by atoms with Crippen LogP contribution in [0.4, 0.5) is 0 Å². The number of hydrogen-bond acceptors (Lipinski definition) is 3. The van der Waals surface area contributed by atoms with E-state index in [1.54, 1.807) is 0 Å². The fourth-order valence-electron chi connectivity index (χ4n) is 2.12. The van der Waals surface area contributed by atoms with Crippen molar-refractivity contribution < 1.29 is 14.6 Å². The van der Waals surface area contributed by atoms with Gasteiger partial charge in [-0.1, -0.05) is 39.8 Å². The normalized spacial score (nSPS) is 13.2. The fraction of sp³-hybridized carbons (Fsp3) is 0.562. The summed E-state index contributed by atoms with van der Waals surface area (Å²) in [5.41, 5.74) is 2.47. The zero-order valence-corrected chi connectivity index (χ0v) is 12.7. The zero-order valence-electron chi connectivity index (χ0n) is 12.7. The molecule has 3 heteroatoms. The molecule has 0 amide bonds. The number of carbonyl (C=O) groups excluding carboxylic acids is 1. The molecule has 3 nitrogen and oxygen atoms in total. The maximum atomic E-state index is 11.7. The molecule has 0 aliphatic rings. The third-order valence-corrected chi connectivity index (χ3v) is 3.45. The highest BCUT2D eigenvalue weighted by atomic mass is 16.5. The number of esters is 1. The Morgan fingerprint density at radius 3 is 2.37 bits per heavy atom. The minimum absolute atomic E-state index is 0.167. The van der Waals surface area contributed by atoms with Crippen molar-refractivity contribution >= 4 is 5.97 Å². The quantitative estimate of drug-likeness (QED) is 0.849. The van der Waals surface area contributed by atoms with Crippen molar-refractivity contribution in [2.45, 2.75) is 52.4 Å². The molecule has 0 radical (unpaired) electrons. The van der Waals surface area contributed by atoms with Crippen LogP contribution in [-0.2, 0) is 21.4 Å². The molecule has 0 aliphatic heterocycles. The van der Waals surface area contributed by atoms with Gasteiger partial charge in [0.25, 0.3) is 0 Å². The van der Waals surface area contributed by atoms with Gasteiger partial charge in [0, 0.05) is 0 Å². The summed E-state index contributed by atoms with van der Waals surface area (Å²) >= 11 is 0. The number of aromatic hydroxyl groups is 1. The van der Waals surface area contributed by atoms with E-state index in [1.165, 1.54) is 7.11 Å². The van der Waals surface area contributed by atoms with Gasteiger partial charge in [0.05, 0.1) is 13.0 Å². The van der Waals surface area contributed by atoms with Crippen molar-refractivity contribution in [2.24, 2.45) is 0 Å². The van der Waals surface area contributed by atoms with Crippen molar-refractivity contribution in [3.63, 3.8) is 0 Å². The van der Waals surface area contributed by atoms with Crippen LogP contribution < -0.4 is 0 Å². The largest absolute Gasteiger partial charge is 0.507 e. The predicted molar refractivity (Wildman–Crippen MR) is 76.6 cm³/mol. The van der Waals surface area contributed by atoms with E-state index >= 15 is 0 Å². The molecule has 106 valence electrons. The van der Waals surface area contributed by atoms with Crippen LogP contribution in [0, 0.1) is 0 Å². The Bertz CT molecular complexity index is 470. The smallest absolute Gasteiger partial charge is 0.312 e. The third-order valence-electron chi connectivity index (χ3n) is 3.45. The summed E-state index contributed by atoms with van der Waals surface area (Å²) in [7, 11) is 1.39. The Morgan fingerprint density at radius 1 is 1.37 bits per heavy atom. The Morgan fingerprint density at radius 2 is 1.95 bits per heavy atom. The molecule has 0 saturated carbocycles. The Labute approximate surface area is 115 Å². The lowest BCUT2D eigenvalue weighted by Gasteiger charge is -2.24. The van der Waals surface area contributed by atoms with Crippen LogP contribution in [0.2, 0.25) is 0 Å². The van der Waals surface area contributed by atoms with E-state index in [9.17, 15) is 9.90 Å². The van der Waals surface area contributed by atoms with Crippen molar-refractivity contribution in [3.05, 3.63) is 28.8 Å². The Hall–Kier alpha value is -1.51. The molecule has 1 aromatic rings. The van der Waals surface area contributed by atoms with Crippen LogP contribution in [0.3, 0.4) is 0 Å². The lowest BCUT2D eigenvalue weighted by atomic mass is 9.82. The van der Waals surface area contributed by atoms with Crippen LogP contribution >= 0.6 is 0 Å². The minimum Gasteiger partial charge on any atom is -0.507 e. The fourth-order valence-corrected chi connectivity index (χ4v) is 2.12. The lowest BCUT2D eigenvalue weighted by Crippen LogP contribution is -2.16. The van der Waals surface area contributed by atoms with Gasteiger partial charge >= 0.3 is 5.97 Å². The second-order valence-electron chi connectivity index (χ2n) is 5.92. The maximum absolute atomic E-state index is 11.7. The van der Waals surface area contributed by atoms with Crippen LogP contribution in [0.15, 0.2) is 12.1 Å². The summed E-state index contributed by atoms with van der Waals surface area (Å²) in [6.45, 7) is 9.97. The molecule has 1 aromatic carbocycles. The van der Waals surface area contributed by atoms with Crippen LogP contribution in [0.5, 0.6) is 5.75 Å². The number of methoxy groups -OCH3 is 1. The molecule has 0 aromatic heterocycles. The highest BCUT2D eigenvalue weighted by Crippen LogP contribution is 2.36. The van der Waals surface area contributed by atoms with Gasteiger partial charge in [0.2, 0.25) is 0 Å². The Balaban J connectivity index is 3.40. The number of aryl methyl sites for hydroxylation is 1. The number of hydrogen-bond donors (Lipinski definition) is 1. The average molecular weight is 264 g/mol. The number of ether oxygens (including phenoxy) is 1. The van der Waals surface area contributed by atoms with Crippen molar-refractivity contribution in [1.82, 2.24) is 0 Å². The molecule has 0 bridgehead atoms. The molecule has 1 unspecified atom stereocenters. The first-order valence-corrected chi connectivity index (χ1v) is 6.66. The average Bonchev–Trinajstić information content (AvgIpc) is 2.35. The first kappa shape index (κ1) is 15.5. The van der Waals surface area contributed by atoms with E-state index in [-0.39, 0.29) is 17.3 Å². The summed E-state index contributed by atoms with van der Waals surface area (Å²) in [6, 6.07) is 3.81. The van der Waals surface area contributed by atoms with Crippen molar-refractivity contribution in [1.29, 1.82) is 0 Å². The molecule has 0 heterocycles. The van der Waals surface area contributed by atoms with Crippen LogP contribution in [0.25, 0.3) is 0 Å². The molecular formula is C16H24O3. The van der Waals surface area contributed by atoms with Crippen LogP contribution in [0.1, 0.15) is 57.2 Å². The monoisotopic (exact) mass is 264 g/mol. The summed E-state index contributed by atoms with van der Waals surface area (Å²) in [5, 5.41) is 10.3. The van der Waals surface area contributed by atoms with Gasteiger partial charge < -0.3 is 9.84 Å². The second-order valence-corrected chi connectivity index (χ2v) is 5.92. The molecule has 1 N–H and O–H groups in total. The first-order chi connectivity index (χ1) is 8.72. The van der Waals surface area contributed by atoms with Gasteiger partial charge in [-0.05, 0) is 35.4 Å². The van der Waals surface area contributed by atoms with Crippen molar-refractivity contribution in [3.8, 4) is 5.75 Å². The molecule has 0 spiro atoms. The van der Waals surface area contributed by atoms with Gasteiger partial charge in [-0.25, -0.2) is 0 Å². The molecule has 0 fully saturated rings. The predicted octanol–water partition coefficient (Wildman–Crippen LogP) is 3.53. The summed E-state index contributed by atoms with van der Waals surface area (Å²) in [4.78, 5) is 11.7. The zero-order chi connectivity index (χ0) is 14.8. The Kier molecular flexibility index (Phi) is 4.61. The third kappa shape index (κ3) is 3.28. The van der Waals surface area contributed by atoms with E-state index in [0.29, 0.717) is 5.75 Å². The second kappa shape index (κ2) is 5.64. The topological polar surface area (TPSA) is 46.5 Å². The highest BCUT2D eigenvalue weighted by Gasteiger charge is 2.24. The molecule has 0 aliphatic carbocycles. The SMILES string of the molecule is CCc1cc(C(C)C(=O)OC)cc(C(C)(C)C)c1O. The van der Waals surface area contributed by atoms with E-state index in [1.807, 2.05) is 46.8 Å². The summed E-state index contributed by atoms with van der Waals surface area (Å²) in [6.07, 6.45) is 0.733. The number of phenolic OH excluding ortho intramolecular Hbond substituents is 1. The van der Waals surface area contributed by atoms with E-state index in [2.05, 4.69) is 0 Å². The first-order valence-electron chi connectivity index (χ1n) is 6.66. The highest BCUT2D eigenvalue weighted by molar-refractivity contribution is 5.78. The van der Waals surface area contributed by atoms with E-state index < -0.39 is 0 Å². The number of rotatable bonds is 3. The molecule has 1 rings (SSSR count). The minimum atomic E-state index is -0.322. The van der Waals surface area contributed by atoms with Gasteiger partial charge in [-0.3, -0.25) is 4.79 Å². The van der Waals surface area contributed by atoms with Gasteiger partial charge in [-0.2, -0.15) is 0 Å². The maximum Gasteiger partial charge on any atom is 0.312 e. The molecular weight excluding hydrogens is 240 g/mol. The van der Waals surface area contributed by atoms with Gasteiger partial charge in [0.15, 0.2) is 0 Å².